The van der Waals surface area contributed by atoms with Gasteiger partial charge in [0.05, 0.1) is 5.69 Å². The third-order valence-electron chi connectivity index (χ3n) is 1.54. The van der Waals surface area contributed by atoms with Crippen LogP contribution in [0.3, 0.4) is 0 Å². The SMILES string of the molecule is CCCS(=O)Nc1cc(Cl)ccc1F. The summed E-state index contributed by atoms with van der Waals surface area (Å²) < 4.78 is 26.9. The van der Waals surface area contributed by atoms with Crippen molar-refractivity contribution in [2.75, 3.05) is 10.5 Å². The van der Waals surface area contributed by atoms with Crippen molar-refractivity contribution >= 4 is 28.3 Å². The third kappa shape index (κ3) is 3.27. The van der Waals surface area contributed by atoms with Gasteiger partial charge in [0.2, 0.25) is 0 Å². The summed E-state index contributed by atoms with van der Waals surface area (Å²) >= 11 is 5.67. The molecule has 0 spiro atoms. The van der Waals surface area contributed by atoms with Crippen molar-refractivity contribution in [3.63, 3.8) is 0 Å². The highest BCUT2D eigenvalue weighted by atomic mass is 35.5. The lowest BCUT2D eigenvalue weighted by atomic mass is 10.3. The molecule has 0 aliphatic carbocycles. The molecule has 1 unspecified atom stereocenters. The number of rotatable bonds is 4. The molecule has 1 rings (SSSR count). The van der Waals surface area contributed by atoms with Gasteiger partial charge in [-0.15, -0.1) is 0 Å². The Hall–Kier alpha value is -0.610. The monoisotopic (exact) mass is 235 g/mol. The first-order chi connectivity index (χ1) is 6.63. The van der Waals surface area contributed by atoms with Crippen LogP contribution in [0.5, 0.6) is 0 Å². The molecule has 1 N–H and O–H groups in total. The van der Waals surface area contributed by atoms with Gasteiger partial charge in [-0.05, 0) is 24.6 Å². The Kier molecular flexibility index (Phi) is 4.35. The number of nitrogens with one attached hydrogen (secondary N) is 1. The number of hydrogen-bond acceptors (Lipinski definition) is 1. The fraction of sp³-hybridized carbons (Fsp3) is 0.333. The van der Waals surface area contributed by atoms with Crippen molar-refractivity contribution in [3.05, 3.63) is 29.0 Å². The largest absolute Gasteiger partial charge is 0.302 e. The van der Waals surface area contributed by atoms with Crippen molar-refractivity contribution in [3.8, 4) is 0 Å². The van der Waals surface area contributed by atoms with Gasteiger partial charge in [-0.2, -0.15) is 0 Å². The van der Waals surface area contributed by atoms with Crippen LogP contribution in [0.2, 0.25) is 5.02 Å². The zero-order valence-corrected chi connectivity index (χ0v) is 9.29. The number of benzene rings is 1. The van der Waals surface area contributed by atoms with Crippen LogP contribution in [0.25, 0.3) is 0 Å². The van der Waals surface area contributed by atoms with Crippen molar-refractivity contribution in [2.45, 2.75) is 13.3 Å². The average molecular weight is 236 g/mol. The lowest BCUT2D eigenvalue weighted by Gasteiger charge is -2.06. The second-order valence-electron chi connectivity index (χ2n) is 2.78. The first-order valence-electron chi connectivity index (χ1n) is 4.23. The van der Waals surface area contributed by atoms with Gasteiger partial charge in [0.15, 0.2) is 0 Å². The van der Waals surface area contributed by atoms with Gasteiger partial charge in [0, 0.05) is 10.8 Å². The van der Waals surface area contributed by atoms with E-state index in [0.29, 0.717) is 10.8 Å². The Labute approximate surface area is 90.1 Å². The van der Waals surface area contributed by atoms with Crippen LogP contribution in [-0.2, 0) is 11.0 Å². The van der Waals surface area contributed by atoms with Crippen LogP contribution >= 0.6 is 11.6 Å². The smallest absolute Gasteiger partial charge is 0.147 e. The van der Waals surface area contributed by atoms with Crippen LogP contribution in [-0.4, -0.2) is 9.96 Å². The van der Waals surface area contributed by atoms with E-state index < -0.39 is 16.8 Å². The second kappa shape index (κ2) is 5.32. The second-order valence-corrected chi connectivity index (χ2v) is 4.52. The summed E-state index contributed by atoms with van der Waals surface area (Å²) in [6.07, 6.45) is 0.780. The molecule has 0 saturated heterocycles. The minimum atomic E-state index is -1.24. The van der Waals surface area contributed by atoms with Crippen LogP contribution in [0.4, 0.5) is 10.1 Å². The molecule has 14 heavy (non-hydrogen) atoms. The first kappa shape index (κ1) is 11.5. The predicted octanol–water partition coefficient (Wildman–Crippen LogP) is 2.96. The summed E-state index contributed by atoms with van der Waals surface area (Å²) in [5.74, 6) is 0.0465. The van der Waals surface area contributed by atoms with E-state index in [1.54, 1.807) is 0 Å². The molecule has 0 fully saturated rings. The van der Waals surface area contributed by atoms with Crippen LogP contribution in [0.15, 0.2) is 18.2 Å². The summed E-state index contributed by atoms with van der Waals surface area (Å²) in [6.45, 7) is 1.91. The highest BCUT2D eigenvalue weighted by Crippen LogP contribution is 2.19. The number of anilines is 1. The standard InChI is InChI=1S/C9H11ClFNOS/c1-2-5-14(13)12-9-6-7(10)3-4-8(9)11/h3-4,6,12H,2,5H2,1H3. The molecule has 0 aliphatic heterocycles. The molecule has 0 radical (unpaired) electrons. The van der Waals surface area contributed by atoms with Crippen LogP contribution in [0.1, 0.15) is 13.3 Å². The Bertz CT molecular complexity index is 346. The number of halogens is 2. The van der Waals surface area contributed by atoms with Gasteiger partial charge >= 0.3 is 0 Å². The maximum atomic E-state index is 13.1. The minimum Gasteiger partial charge on any atom is -0.302 e. The Morgan fingerprint density at radius 3 is 2.93 bits per heavy atom. The molecule has 2 nitrogen and oxygen atoms in total. The normalized spacial score (nSPS) is 12.5. The fourth-order valence-electron chi connectivity index (χ4n) is 0.935. The van der Waals surface area contributed by atoms with Gasteiger partial charge in [-0.25, -0.2) is 8.60 Å². The highest BCUT2D eigenvalue weighted by Gasteiger charge is 2.05. The summed E-state index contributed by atoms with van der Waals surface area (Å²) in [4.78, 5) is 0. The van der Waals surface area contributed by atoms with E-state index in [1.807, 2.05) is 6.92 Å². The van der Waals surface area contributed by atoms with E-state index in [0.717, 1.165) is 6.42 Å². The van der Waals surface area contributed by atoms with Gasteiger partial charge in [-0.3, -0.25) is 0 Å². The molecule has 0 bridgehead atoms. The van der Waals surface area contributed by atoms with Crippen molar-refractivity contribution in [2.24, 2.45) is 0 Å². The summed E-state index contributed by atoms with van der Waals surface area (Å²) in [5, 5.41) is 0.419. The molecular weight excluding hydrogens is 225 g/mol. The molecule has 0 amide bonds. The molecule has 0 aromatic heterocycles. The van der Waals surface area contributed by atoms with Crippen molar-refractivity contribution in [1.29, 1.82) is 0 Å². The average Bonchev–Trinajstić information content (AvgIpc) is 2.12. The highest BCUT2D eigenvalue weighted by molar-refractivity contribution is 7.86. The van der Waals surface area contributed by atoms with Gasteiger partial charge < -0.3 is 4.72 Å². The maximum Gasteiger partial charge on any atom is 0.147 e. The molecule has 0 saturated carbocycles. The molecule has 78 valence electrons. The summed E-state index contributed by atoms with van der Waals surface area (Å²) in [5.41, 5.74) is 0.185. The summed E-state index contributed by atoms with van der Waals surface area (Å²) in [7, 11) is -1.24. The van der Waals surface area contributed by atoms with E-state index >= 15 is 0 Å². The third-order valence-corrected chi connectivity index (χ3v) is 3.00. The van der Waals surface area contributed by atoms with Gasteiger partial charge in [-0.1, -0.05) is 18.5 Å². The van der Waals surface area contributed by atoms with E-state index in [2.05, 4.69) is 4.72 Å². The molecule has 1 atom stereocenters. The first-order valence-corrected chi connectivity index (χ1v) is 5.93. The Morgan fingerprint density at radius 1 is 1.57 bits per heavy atom. The molecule has 5 heteroatoms. The van der Waals surface area contributed by atoms with Gasteiger partial charge in [0.25, 0.3) is 0 Å². The van der Waals surface area contributed by atoms with Crippen LogP contribution < -0.4 is 4.72 Å². The zero-order chi connectivity index (χ0) is 10.6. The topological polar surface area (TPSA) is 29.1 Å². The fourth-order valence-corrected chi connectivity index (χ4v) is 1.98. The predicted molar refractivity (Wildman–Crippen MR) is 58.3 cm³/mol. The molecule has 1 aromatic carbocycles. The maximum absolute atomic E-state index is 13.1. The van der Waals surface area contributed by atoms with E-state index in [4.69, 9.17) is 11.6 Å². The quantitative estimate of drug-likeness (QED) is 0.854. The zero-order valence-electron chi connectivity index (χ0n) is 7.72. The minimum absolute atomic E-state index is 0.185. The molecule has 0 aliphatic rings. The van der Waals surface area contributed by atoms with E-state index in [1.165, 1.54) is 18.2 Å². The summed E-state index contributed by atoms with van der Waals surface area (Å²) in [6, 6.07) is 4.11. The molecular formula is C9H11ClFNOS. The van der Waals surface area contributed by atoms with E-state index in [-0.39, 0.29) is 5.69 Å². The Morgan fingerprint density at radius 2 is 2.29 bits per heavy atom. The van der Waals surface area contributed by atoms with Crippen LogP contribution in [0, 0.1) is 5.82 Å². The Balaban J connectivity index is 2.75. The van der Waals surface area contributed by atoms with E-state index in [9.17, 15) is 8.60 Å². The number of hydrogen-bond donors (Lipinski definition) is 1. The van der Waals surface area contributed by atoms with Crippen molar-refractivity contribution in [1.82, 2.24) is 0 Å². The van der Waals surface area contributed by atoms with Crippen molar-refractivity contribution < 1.29 is 8.60 Å². The lowest BCUT2D eigenvalue weighted by molar-refractivity contribution is 0.631. The molecule has 0 heterocycles. The lowest BCUT2D eigenvalue weighted by Crippen LogP contribution is -2.08. The van der Waals surface area contributed by atoms with Gasteiger partial charge in [0.1, 0.15) is 16.8 Å². The molecule has 1 aromatic rings.